The lowest BCUT2D eigenvalue weighted by atomic mass is 10.2. The Morgan fingerprint density at radius 1 is 1.48 bits per heavy atom. The fourth-order valence-electron chi connectivity index (χ4n) is 2.57. The number of aliphatic hydroxyl groups excluding tert-OH is 1. The molecule has 1 fully saturated rings. The van der Waals surface area contributed by atoms with Gasteiger partial charge < -0.3 is 10.0 Å². The number of nitrogens with zero attached hydrogens (tertiary/aromatic N) is 2. The van der Waals surface area contributed by atoms with Crippen molar-refractivity contribution in [2.24, 2.45) is 0 Å². The fraction of sp³-hybridized carbons (Fsp3) is 0.333. The summed E-state index contributed by atoms with van der Waals surface area (Å²) in [6, 6.07) is 7.38. The Kier molecular flexibility index (Phi) is 4.24. The van der Waals surface area contributed by atoms with E-state index in [2.05, 4.69) is 4.98 Å². The molecular weight excluding hydrogens is 308 g/mol. The van der Waals surface area contributed by atoms with Crippen LogP contribution >= 0.6 is 22.9 Å². The molecule has 1 saturated heterocycles. The van der Waals surface area contributed by atoms with Crippen molar-refractivity contribution < 1.29 is 9.90 Å². The van der Waals surface area contributed by atoms with Crippen molar-refractivity contribution in [2.75, 3.05) is 13.2 Å². The van der Waals surface area contributed by atoms with E-state index in [0.29, 0.717) is 17.3 Å². The quantitative estimate of drug-likeness (QED) is 0.945. The third kappa shape index (κ3) is 2.81. The first-order valence-electron chi connectivity index (χ1n) is 6.83. The molecule has 2 heterocycles. The van der Waals surface area contributed by atoms with E-state index in [1.807, 2.05) is 24.3 Å². The Morgan fingerprint density at radius 2 is 2.29 bits per heavy atom. The number of amides is 1. The lowest BCUT2D eigenvalue weighted by Crippen LogP contribution is -2.37. The number of rotatable bonds is 3. The summed E-state index contributed by atoms with van der Waals surface area (Å²) >= 11 is 7.57. The monoisotopic (exact) mass is 322 g/mol. The predicted molar refractivity (Wildman–Crippen MR) is 83.7 cm³/mol. The summed E-state index contributed by atoms with van der Waals surface area (Å²) in [5.41, 5.74) is 1.26. The highest BCUT2D eigenvalue weighted by molar-refractivity contribution is 7.13. The Morgan fingerprint density at radius 3 is 3.05 bits per heavy atom. The van der Waals surface area contributed by atoms with Gasteiger partial charge in [0.2, 0.25) is 0 Å². The van der Waals surface area contributed by atoms with Crippen LogP contribution in [0.2, 0.25) is 5.02 Å². The first kappa shape index (κ1) is 14.5. The molecule has 2 aromatic rings. The SMILES string of the molecule is O=C(c1csc(-c2ccccc2Cl)n1)N1CCC[C@@H]1CO. The summed E-state index contributed by atoms with van der Waals surface area (Å²) < 4.78 is 0. The maximum absolute atomic E-state index is 12.5. The molecule has 1 atom stereocenters. The van der Waals surface area contributed by atoms with E-state index >= 15 is 0 Å². The molecule has 1 N–H and O–H groups in total. The molecule has 1 aromatic heterocycles. The number of thiazole rings is 1. The Labute approximate surface area is 132 Å². The summed E-state index contributed by atoms with van der Waals surface area (Å²) in [6.07, 6.45) is 1.78. The van der Waals surface area contributed by atoms with Crippen LogP contribution in [0.3, 0.4) is 0 Å². The first-order valence-corrected chi connectivity index (χ1v) is 8.08. The lowest BCUT2D eigenvalue weighted by molar-refractivity contribution is 0.0672. The molecule has 1 aliphatic rings. The minimum Gasteiger partial charge on any atom is -0.394 e. The molecule has 0 bridgehead atoms. The second-order valence-corrected chi connectivity index (χ2v) is 6.26. The summed E-state index contributed by atoms with van der Waals surface area (Å²) in [7, 11) is 0. The minimum atomic E-state index is -0.110. The van der Waals surface area contributed by atoms with Gasteiger partial charge in [0.05, 0.1) is 17.7 Å². The van der Waals surface area contributed by atoms with Crippen LogP contribution in [-0.4, -0.2) is 40.1 Å². The molecule has 0 radical (unpaired) electrons. The third-order valence-electron chi connectivity index (χ3n) is 3.68. The van der Waals surface area contributed by atoms with Gasteiger partial charge in [-0.25, -0.2) is 4.98 Å². The molecule has 3 rings (SSSR count). The number of carbonyl (C=O) groups excluding carboxylic acids is 1. The van der Waals surface area contributed by atoms with E-state index in [4.69, 9.17) is 11.6 Å². The molecule has 1 amide bonds. The Hall–Kier alpha value is -1.43. The number of carbonyl (C=O) groups is 1. The van der Waals surface area contributed by atoms with E-state index in [1.165, 1.54) is 11.3 Å². The van der Waals surface area contributed by atoms with E-state index in [9.17, 15) is 9.90 Å². The fourth-order valence-corrected chi connectivity index (χ4v) is 3.68. The highest BCUT2D eigenvalue weighted by atomic mass is 35.5. The first-order chi connectivity index (χ1) is 10.2. The zero-order valence-corrected chi connectivity index (χ0v) is 12.9. The highest BCUT2D eigenvalue weighted by Crippen LogP contribution is 2.31. The number of likely N-dealkylation sites (tertiary alicyclic amines) is 1. The number of hydrogen-bond acceptors (Lipinski definition) is 4. The van der Waals surface area contributed by atoms with Crippen LogP contribution in [-0.2, 0) is 0 Å². The van der Waals surface area contributed by atoms with Crippen LogP contribution in [0.15, 0.2) is 29.6 Å². The van der Waals surface area contributed by atoms with Crippen LogP contribution in [0, 0.1) is 0 Å². The molecule has 0 unspecified atom stereocenters. The number of hydrogen-bond donors (Lipinski definition) is 1. The standard InChI is InChI=1S/C15H15ClN2O2S/c16-12-6-2-1-5-11(12)14-17-13(9-21-14)15(20)18-7-3-4-10(18)8-19/h1-2,5-6,9-10,19H,3-4,7-8H2/t10-/m1/s1. The number of aromatic nitrogens is 1. The normalized spacial score (nSPS) is 18.2. The molecule has 21 heavy (non-hydrogen) atoms. The smallest absolute Gasteiger partial charge is 0.273 e. The van der Waals surface area contributed by atoms with Crippen molar-refractivity contribution in [2.45, 2.75) is 18.9 Å². The van der Waals surface area contributed by atoms with Crippen molar-refractivity contribution in [3.8, 4) is 10.6 Å². The summed E-state index contributed by atoms with van der Waals surface area (Å²) in [4.78, 5) is 18.6. The third-order valence-corrected chi connectivity index (χ3v) is 4.88. The van der Waals surface area contributed by atoms with E-state index in [-0.39, 0.29) is 18.6 Å². The molecule has 110 valence electrons. The maximum atomic E-state index is 12.5. The van der Waals surface area contributed by atoms with Crippen molar-refractivity contribution in [3.63, 3.8) is 0 Å². The van der Waals surface area contributed by atoms with Crippen molar-refractivity contribution >= 4 is 28.8 Å². The van der Waals surface area contributed by atoms with Gasteiger partial charge >= 0.3 is 0 Å². The molecular formula is C15H15ClN2O2S. The largest absolute Gasteiger partial charge is 0.394 e. The van der Waals surface area contributed by atoms with Gasteiger partial charge in [0, 0.05) is 17.5 Å². The molecule has 0 aliphatic carbocycles. The minimum absolute atomic E-state index is 0.00719. The summed E-state index contributed by atoms with van der Waals surface area (Å²) in [6.45, 7) is 0.691. The average molecular weight is 323 g/mol. The van der Waals surface area contributed by atoms with Crippen LogP contribution in [0.5, 0.6) is 0 Å². The van der Waals surface area contributed by atoms with Crippen LogP contribution in [0.4, 0.5) is 0 Å². The van der Waals surface area contributed by atoms with Crippen molar-refractivity contribution in [3.05, 3.63) is 40.4 Å². The predicted octanol–water partition coefficient (Wildman–Crippen LogP) is 3.06. The molecule has 1 aromatic carbocycles. The maximum Gasteiger partial charge on any atom is 0.273 e. The molecule has 0 saturated carbocycles. The van der Waals surface area contributed by atoms with Gasteiger partial charge in [-0.05, 0) is 18.9 Å². The molecule has 6 heteroatoms. The number of halogens is 1. The molecule has 1 aliphatic heterocycles. The topological polar surface area (TPSA) is 53.4 Å². The Balaban J connectivity index is 1.85. The van der Waals surface area contributed by atoms with E-state index in [1.54, 1.807) is 10.3 Å². The Bertz CT molecular complexity index is 659. The highest BCUT2D eigenvalue weighted by Gasteiger charge is 2.30. The average Bonchev–Trinajstić information content (AvgIpc) is 3.16. The number of benzene rings is 1. The number of aliphatic hydroxyl groups is 1. The summed E-state index contributed by atoms with van der Waals surface area (Å²) in [5, 5.41) is 12.4. The van der Waals surface area contributed by atoms with E-state index in [0.717, 1.165) is 23.4 Å². The van der Waals surface area contributed by atoms with Gasteiger partial charge in [-0.3, -0.25) is 4.79 Å². The van der Waals surface area contributed by atoms with Gasteiger partial charge in [-0.2, -0.15) is 0 Å². The van der Waals surface area contributed by atoms with Gasteiger partial charge in [0.25, 0.3) is 5.91 Å². The molecule has 4 nitrogen and oxygen atoms in total. The zero-order chi connectivity index (χ0) is 14.8. The van der Waals surface area contributed by atoms with Crippen LogP contribution < -0.4 is 0 Å². The molecule has 0 spiro atoms. The zero-order valence-electron chi connectivity index (χ0n) is 11.3. The van der Waals surface area contributed by atoms with Gasteiger partial charge in [0.15, 0.2) is 0 Å². The van der Waals surface area contributed by atoms with Gasteiger partial charge in [-0.1, -0.05) is 29.8 Å². The van der Waals surface area contributed by atoms with Crippen molar-refractivity contribution in [1.82, 2.24) is 9.88 Å². The second-order valence-electron chi connectivity index (χ2n) is 4.99. The van der Waals surface area contributed by atoms with E-state index < -0.39 is 0 Å². The van der Waals surface area contributed by atoms with Crippen LogP contribution in [0.25, 0.3) is 10.6 Å². The lowest BCUT2D eigenvalue weighted by Gasteiger charge is -2.21. The second kappa shape index (κ2) is 6.13. The van der Waals surface area contributed by atoms with Gasteiger partial charge in [0.1, 0.15) is 10.7 Å². The van der Waals surface area contributed by atoms with Crippen LogP contribution in [0.1, 0.15) is 23.3 Å². The van der Waals surface area contributed by atoms with Crippen molar-refractivity contribution in [1.29, 1.82) is 0 Å². The summed E-state index contributed by atoms with van der Waals surface area (Å²) in [5.74, 6) is -0.110. The van der Waals surface area contributed by atoms with Gasteiger partial charge in [-0.15, -0.1) is 11.3 Å².